The molecule has 2 N–H and O–H groups in total. The summed E-state index contributed by atoms with van der Waals surface area (Å²) in [6.07, 6.45) is 0. The molecule has 7 nitrogen and oxygen atoms in total. The van der Waals surface area contributed by atoms with Gasteiger partial charge in [-0.3, -0.25) is 0 Å². The molecule has 0 spiro atoms. The topological polar surface area (TPSA) is 47.2 Å². The van der Waals surface area contributed by atoms with Crippen LogP contribution in [0.25, 0.3) is 72.0 Å². The molecule has 1 atom stereocenters. The normalized spacial score (nSPS) is 12.1. The van der Waals surface area contributed by atoms with Crippen molar-refractivity contribution in [2.45, 2.75) is 47.0 Å². The Morgan fingerprint density at radius 1 is 0.260 bits per heavy atom. The zero-order valence-electron chi connectivity index (χ0n) is 73.9. The summed E-state index contributed by atoms with van der Waals surface area (Å²) in [5.41, 5.74) is 37.8. The van der Waals surface area contributed by atoms with Gasteiger partial charge in [-0.25, -0.2) is 0 Å². The van der Waals surface area contributed by atoms with Gasteiger partial charge >= 0.3 is 0 Å². The first-order valence-corrected chi connectivity index (χ1v) is 42.4. The molecular weight excluding hydrogens is 1510 g/mol. The minimum atomic E-state index is -0.469. The highest BCUT2D eigenvalue weighted by Gasteiger charge is 2.36. The Morgan fingerprint density at radius 3 is 0.919 bits per heavy atom. The van der Waals surface area contributed by atoms with Crippen molar-refractivity contribution in [2.24, 2.45) is 5.49 Å². The minimum absolute atomic E-state index is 0. The van der Waals surface area contributed by atoms with Crippen LogP contribution in [0, 0.1) is 27.7 Å². The van der Waals surface area contributed by atoms with Gasteiger partial charge in [0.2, 0.25) is 0 Å². The van der Waals surface area contributed by atoms with Gasteiger partial charge in [0.25, 0.3) is 0 Å². The van der Waals surface area contributed by atoms with Crippen molar-refractivity contribution in [3.63, 3.8) is 0 Å². The quantitative estimate of drug-likeness (QED) is 0.0768. The van der Waals surface area contributed by atoms with Crippen molar-refractivity contribution in [3.8, 4) is 50.2 Å². The first-order valence-electron chi connectivity index (χ1n) is 43.4. The summed E-state index contributed by atoms with van der Waals surface area (Å²) in [5.74, 6) is 0. The number of aromatic nitrogens is 1. The summed E-state index contributed by atoms with van der Waals surface area (Å²) < 4.78 is 21.0. The fraction of sp³-hybridized carbons (Fsp3) is 0.0609. The van der Waals surface area contributed by atoms with Crippen LogP contribution in [0.15, 0.2) is 449 Å². The van der Waals surface area contributed by atoms with Gasteiger partial charge < -0.3 is 36.0 Å². The summed E-state index contributed by atoms with van der Waals surface area (Å²) >= 11 is 0. The minimum Gasteiger partial charge on any atom is -1.00 e. The lowest BCUT2D eigenvalue weighted by atomic mass is 9.82. The number of rotatable bonds is 20. The summed E-state index contributed by atoms with van der Waals surface area (Å²) in [5, 5.41) is 2.48. The Kier molecular flexibility index (Phi) is 21.6. The van der Waals surface area contributed by atoms with Crippen molar-refractivity contribution < 1.29 is 4.25 Å². The van der Waals surface area contributed by atoms with E-state index in [1.165, 1.54) is 88.6 Å². The van der Waals surface area contributed by atoms with E-state index in [-0.39, 0.29) is 6.84 Å². The maximum absolute atomic E-state index is 6.24. The third kappa shape index (κ3) is 16.4. The second-order valence-corrected chi connectivity index (χ2v) is 32.1. The zero-order chi connectivity index (χ0) is 86.2. The fourth-order valence-electron chi connectivity index (χ4n) is 17.6. The monoisotopic (exact) mass is 1610 g/mol. The van der Waals surface area contributed by atoms with Crippen LogP contribution in [0.1, 0.15) is 48.7 Å². The predicted octanol–water partition coefficient (Wildman–Crippen LogP) is 32.2. The molecule has 0 radical (unpaired) electrons. The van der Waals surface area contributed by atoms with Crippen molar-refractivity contribution in [3.05, 3.63) is 482 Å². The number of nitrogens with zero attached hydrogens (tertiary/aromatic N) is 6. The standard InChI is InChI=1S/C64H54N4.C51H38N2.H4NP.H/c1-47-15-11-23-61(43-47)67(62-24-12-16-48(2)44-62)59-39-35-57(36-40-59)65(53-19-7-5-8-20-53)55-31-27-51(28-32-55)52-29-33-56(34-30-52)66(54-21-9-6-10-22-54)58-37-41-60(42-38-58)68(63-25-13-17-49(3)45-63)64-26-14-18-50(4)46-64;1-51(2)47-19-11-9-17-43(47)44-31-29-41(33-48(44)51)52(39-25-21-37(22-26-39)35-13-5-3-6-14-35)42-30-32-46-45-18-10-12-20-49(45)53(50(46)34-42)40-27-23-38(24-28-40)36-15-7-4-8-16-36;1-2;/h5-46H,1-4H3;3-34H,1-2H3;1-2H2;/q;;;-1/i;;2D;/hTD. The average molecular weight is 1610 g/mol. The lowest BCUT2D eigenvalue weighted by Gasteiger charge is -2.29. The van der Waals surface area contributed by atoms with E-state index in [9.17, 15) is 0 Å². The maximum atomic E-state index is 6.24. The fourth-order valence-corrected chi connectivity index (χ4v) is 17.6. The van der Waals surface area contributed by atoms with E-state index in [0.717, 1.165) is 102 Å². The van der Waals surface area contributed by atoms with Gasteiger partial charge in [-0.05, 0) is 306 Å². The second-order valence-electron chi connectivity index (χ2n) is 32.1. The average Bonchev–Trinajstić information content (AvgIpc) is 1.58. The molecular formula is C115H97N7P-. The largest absolute Gasteiger partial charge is 1.00 e. The highest BCUT2D eigenvalue weighted by molar-refractivity contribution is 7.13. The van der Waals surface area contributed by atoms with E-state index in [1.807, 2.05) is 0 Å². The second kappa shape index (κ2) is 35.2. The molecule has 19 aromatic rings. The van der Waals surface area contributed by atoms with Gasteiger partial charge in [-0.2, -0.15) is 0 Å². The molecule has 0 saturated carbocycles. The number of benzene rings is 18. The lowest BCUT2D eigenvalue weighted by molar-refractivity contribution is 0.660. The number of hydrogen-bond acceptors (Lipinski definition) is 6. The van der Waals surface area contributed by atoms with E-state index in [4.69, 9.17) is 4.10 Å². The van der Waals surface area contributed by atoms with Crippen molar-refractivity contribution >= 4 is 116 Å². The Hall–Kier alpha value is -14.9. The van der Waals surface area contributed by atoms with Crippen molar-refractivity contribution in [2.75, 3.05) is 24.5 Å². The molecule has 0 fully saturated rings. The molecule has 1 aromatic heterocycles. The van der Waals surface area contributed by atoms with Crippen LogP contribution in [-0.4, -0.2) is 5.85 Å². The van der Waals surface area contributed by atoms with Crippen molar-refractivity contribution in [1.29, 1.82) is 1.28 Å². The molecule has 1 aliphatic rings. The smallest absolute Gasteiger partial charge is 0.123 e. The molecule has 0 aliphatic heterocycles. The molecule has 20 rings (SSSR count). The molecule has 1 heterocycles. The number of anilines is 15. The predicted molar refractivity (Wildman–Crippen MR) is 528 cm³/mol. The molecule has 0 saturated heterocycles. The lowest BCUT2D eigenvalue weighted by Crippen LogP contribution is -2.16. The van der Waals surface area contributed by atoms with Crippen LogP contribution in [-0.2, 0) is 5.41 Å². The van der Waals surface area contributed by atoms with E-state index in [0.29, 0.717) is 5.49 Å². The van der Waals surface area contributed by atoms with Gasteiger partial charge in [0.1, 0.15) is 2.82 Å². The zero-order valence-corrected chi connectivity index (χ0v) is 70.9. The van der Waals surface area contributed by atoms with Crippen LogP contribution in [0.5, 0.6) is 0 Å². The number of para-hydroxylation sites is 3. The first kappa shape index (κ1) is 75.6. The molecule has 1 unspecified atom stereocenters. The third-order valence-corrected chi connectivity index (χ3v) is 23.6. The van der Waals surface area contributed by atoms with Crippen molar-refractivity contribution in [1.82, 2.24) is 4.57 Å². The van der Waals surface area contributed by atoms with E-state index in [1.54, 1.807) is 0 Å². The molecule has 8 heteroatoms. The molecule has 1 aliphatic carbocycles. The maximum Gasteiger partial charge on any atom is 0.123 e. The summed E-state index contributed by atoms with van der Waals surface area (Å²) in [6.45, 7) is 13.3. The Balaban J connectivity index is 0.000000173. The van der Waals surface area contributed by atoms with Gasteiger partial charge in [-0.1, -0.05) is 272 Å². The number of hydrogen-bond donors (Lipinski definition) is 1. The molecule has 123 heavy (non-hydrogen) atoms. The molecule has 598 valence electrons. The number of nitrogens with two attached hydrogens (primary N) is 1. The van der Waals surface area contributed by atoms with E-state index < -0.39 is 9.34 Å². The van der Waals surface area contributed by atoms with Gasteiger partial charge in [-0.15, -0.1) is 0 Å². The van der Waals surface area contributed by atoms with Gasteiger partial charge in [0.05, 0.1) is 12.3 Å². The Bertz CT molecular complexity index is 6670. The van der Waals surface area contributed by atoms with E-state index in [2.05, 4.69) is 520 Å². The molecule has 0 bridgehead atoms. The van der Waals surface area contributed by atoms with Crippen LogP contribution >= 0.6 is 9.34 Å². The van der Waals surface area contributed by atoms with Crippen LogP contribution < -0.4 is 30.0 Å². The van der Waals surface area contributed by atoms with Gasteiger partial charge in [0.15, 0.2) is 0 Å². The summed E-state index contributed by atoms with van der Waals surface area (Å²) in [4.78, 5) is 11.7. The van der Waals surface area contributed by atoms with Crippen LogP contribution in [0.4, 0.5) is 85.3 Å². The Morgan fingerprint density at radius 2 is 0.528 bits per heavy atom. The molecule has 0 amide bonds. The summed E-state index contributed by atoms with van der Waals surface area (Å²) in [6, 6.07) is 162. The van der Waals surface area contributed by atoms with Crippen LogP contribution in [0.2, 0.25) is 2.82 Å². The number of aryl methyl sites for hydroxylation is 4. The first-order chi connectivity index (χ1) is 61.7. The molecule has 18 aromatic carbocycles. The van der Waals surface area contributed by atoms with E-state index >= 15 is 0 Å². The summed E-state index contributed by atoms with van der Waals surface area (Å²) in [7, 11) is -0.469. The highest BCUT2D eigenvalue weighted by atomic mass is 31.0. The van der Waals surface area contributed by atoms with Crippen LogP contribution in [0.3, 0.4) is 0 Å². The third-order valence-electron chi connectivity index (χ3n) is 23.6. The Labute approximate surface area is 731 Å². The highest BCUT2D eigenvalue weighted by Crippen LogP contribution is 2.52. The SMILES string of the molecule is CC1(C)c2ccccc2-c2ccc(N(c3ccc(-c4ccccc4)cc3)c3ccc4c5ccccc5n(-c5ccc(-c6ccccc6)cc5)c4c3)cc21.Cc1cccc(N(c2ccc(N(c3ccccc3)c3ccc(-c4ccc(N(c5ccccc5)c5ccc(N(c6cccc(C)c6)c6cccc(C)c6)cc5)cc4)cc3)cc2)c2cccc(C)c2)c1.[2H]PN([2H])[3H].[H-]. The number of fused-ring (bicyclic) bond motifs is 6. The van der Waals surface area contributed by atoms with Gasteiger partial charge in [0, 0.05) is 107 Å².